The molecule has 0 amide bonds. The molecule has 0 saturated heterocycles. The molecule has 0 spiro atoms. The molecule has 1 aromatic rings. The van der Waals surface area contributed by atoms with Gasteiger partial charge in [-0.05, 0) is 23.8 Å². The number of tetrazole rings is 1. The van der Waals surface area contributed by atoms with Crippen molar-refractivity contribution in [2.75, 3.05) is 6.61 Å². The molecule has 0 radical (unpaired) electrons. The molecule has 0 aromatic carbocycles. The molecule has 0 N–H and O–H groups in total. The summed E-state index contributed by atoms with van der Waals surface area (Å²) in [5.74, 6) is -0.283. The summed E-state index contributed by atoms with van der Waals surface area (Å²) in [6.07, 6.45) is 1.97. The summed E-state index contributed by atoms with van der Waals surface area (Å²) in [6.45, 7) is 4.80. The van der Waals surface area contributed by atoms with Gasteiger partial charge in [0.05, 0.1) is 6.61 Å². The van der Waals surface area contributed by atoms with Gasteiger partial charge in [0.25, 0.3) is 5.82 Å². The number of rotatable bonds is 5. The summed E-state index contributed by atoms with van der Waals surface area (Å²) < 4.78 is 6.28. The highest BCUT2D eigenvalue weighted by Crippen LogP contribution is 1.98. The molecule has 0 aliphatic carbocycles. The molecule has 0 aliphatic heterocycles. The Morgan fingerprint density at radius 1 is 1.50 bits per heavy atom. The average Bonchev–Trinajstić information content (AvgIpc) is 2.63. The number of hydrogen-bond acceptors (Lipinski definition) is 5. The molecule has 0 fully saturated rings. The molecule has 1 aromatic heterocycles. The predicted octanol–water partition coefficient (Wildman–Crippen LogP) is 0.650. The Balaban J connectivity index is 2.66. The number of hydrogen-bond donors (Lipinski definition) is 0. The molecule has 0 atom stereocenters. The number of nitrogens with zero attached hydrogens (tertiary/aromatic N) is 4. The van der Waals surface area contributed by atoms with Crippen LogP contribution < -0.4 is 0 Å². The summed E-state index contributed by atoms with van der Waals surface area (Å²) in [4.78, 5) is 11.3. The van der Waals surface area contributed by atoms with E-state index in [0.29, 0.717) is 13.2 Å². The monoisotopic (exact) mass is 198 g/mol. The van der Waals surface area contributed by atoms with Crippen molar-refractivity contribution in [1.29, 1.82) is 0 Å². The lowest BCUT2D eigenvalue weighted by molar-refractivity contribution is 0.0504. The first-order valence-corrected chi connectivity index (χ1v) is 4.72. The quantitative estimate of drug-likeness (QED) is 0.650. The molecule has 78 valence electrons. The van der Waals surface area contributed by atoms with E-state index in [2.05, 4.69) is 22.4 Å². The van der Waals surface area contributed by atoms with Gasteiger partial charge in [-0.25, -0.2) is 9.48 Å². The van der Waals surface area contributed by atoms with E-state index in [4.69, 9.17) is 4.74 Å². The molecule has 0 bridgehead atoms. The van der Waals surface area contributed by atoms with Crippen molar-refractivity contribution in [2.45, 2.75) is 33.2 Å². The van der Waals surface area contributed by atoms with Gasteiger partial charge in [0.15, 0.2) is 0 Å². The molecular formula is C8H14N4O2. The van der Waals surface area contributed by atoms with Crippen LogP contribution in [0.5, 0.6) is 0 Å². The number of unbranched alkanes of at least 4 members (excludes halogenated alkanes) is 1. The fourth-order valence-electron chi connectivity index (χ4n) is 1.00. The average molecular weight is 198 g/mol. The third kappa shape index (κ3) is 2.51. The van der Waals surface area contributed by atoms with Crippen LogP contribution in [0, 0.1) is 0 Å². The van der Waals surface area contributed by atoms with Crippen LogP contribution >= 0.6 is 0 Å². The SMILES string of the molecule is CCCCn1nnnc1C(=O)OCC. The fraction of sp³-hybridized carbons (Fsp3) is 0.750. The Kier molecular flexibility index (Phi) is 4.03. The van der Waals surface area contributed by atoms with Crippen LogP contribution in [0.2, 0.25) is 0 Å². The Morgan fingerprint density at radius 3 is 2.93 bits per heavy atom. The minimum absolute atomic E-state index is 0.181. The van der Waals surface area contributed by atoms with E-state index < -0.39 is 5.97 Å². The van der Waals surface area contributed by atoms with Crippen LogP contribution in [0.4, 0.5) is 0 Å². The van der Waals surface area contributed by atoms with E-state index in [1.54, 1.807) is 6.92 Å². The number of carbonyl (C=O) groups is 1. The summed E-state index contributed by atoms with van der Waals surface area (Å²) in [6, 6.07) is 0. The molecule has 0 unspecified atom stereocenters. The van der Waals surface area contributed by atoms with Gasteiger partial charge >= 0.3 is 5.97 Å². The molecule has 6 nitrogen and oxygen atoms in total. The van der Waals surface area contributed by atoms with Gasteiger partial charge in [-0.15, -0.1) is 5.10 Å². The van der Waals surface area contributed by atoms with E-state index in [9.17, 15) is 4.79 Å². The van der Waals surface area contributed by atoms with Crippen molar-refractivity contribution in [3.8, 4) is 0 Å². The zero-order valence-electron chi connectivity index (χ0n) is 8.43. The van der Waals surface area contributed by atoms with Gasteiger partial charge in [-0.3, -0.25) is 0 Å². The molecule has 6 heteroatoms. The number of aryl methyl sites for hydroxylation is 1. The zero-order chi connectivity index (χ0) is 10.4. The summed E-state index contributed by atoms with van der Waals surface area (Å²) >= 11 is 0. The van der Waals surface area contributed by atoms with Gasteiger partial charge in [-0.1, -0.05) is 13.3 Å². The van der Waals surface area contributed by atoms with E-state index in [0.717, 1.165) is 12.8 Å². The van der Waals surface area contributed by atoms with Crippen molar-refractivity contribution in [1.82, 2.24) is 20.2 Å². The lowest BCUT2D eigenvalue weighted by atomic mass is 10.3. The molecule has 0 saturated carbocycles. The molecule has 14 heavy (non-hydrogen) atoms. The fourth-order valence-corrected chi connectivity index (χ4v) is 1.00. The van der Waals surface area contributed by atoms with Crippen molar-refractivity contribution >= 4 is 5.97 Å². The normalized spacial score (nSPS) is 10.1. The number of carbonyl (C=O) groups excluding carboxylic acids is 1. The molecular weight excluding hydrogens is 184 g/mol. The number of aromatic nitrogens is 4. The van der Waals surface area contributed by atoms with Crippen LogP contribution in [-0.4, -0.2) is 32.8 Å². The highest BCUT2D eigenvalue weighted by Gasteiger charge is 2.15. The first-order valence-electron chi connectivity index (χ1n) is 4.72. The second kappa shape index (κ2) is 5.31. The van der Waals surface area contributed by atoms with Gasteiger partial charge in [0.1, 0.15) is 0 Å². The minimum atomic E-state index is -0.464. The lowest BCUT2D eigenvalue weighted by Gasteiger charge is -2.02. The van der Waals surface area contributed by atoms with Gasteiger partial charge in [0, 0.05) is 6.54 Å². The standard InChI is InChI=1S/C8H14N4O2/c1-3-5-6-12-7(9-10-11-12)8(13)14-4-2/h3-6H2,1-2H3. The second-order valence-corrected chi connectivity index (χ2v) is 2.80. The van der Waals surface area contributed by atoms with Crippen molar-refractivity contribution in [3.05, 3.63) is 5.82 Å². The smallest absolute Gasteiger partial charge is 0.378 e. The predicted molar refractivity (Wildman–Crippen MR) is 48.7 cm³/mol. The Hall–Kier alpha value is -1.46. The van der Waals surface area contributed by atoms with Gasteiger partial charge in [0.2, 0.25) is 0 Å². The summed E-state index contributed by atoms with van der Waals surface area (Å²) in [5.41, 5.74) is 0. The maximum atomic E-state index is 11.3. The highest BCUT2D eigenvalue weighted by molar-refractivity contribution is 5.85. The lowest BCUT2D eigenvalue weighted by Crippen LogP contribution is -2.14. The number of ether oxygens (including phenoxy) is 1. The van der Waals surface area contributed by atoms with Gasteiger partial charge in [-0.2, -0.15) is 0 Å². The summed E-state index contributed by atoms with van der Waals surface area (Å²) in [5, 5.41) is 10.8. The van der Waals surface area contributed by atoms with Crippen LogP contribution in [0.3, 0.4) is 0 Å². The highest BCUT2D eigenvalue weighted by atomic mass is 16.5. The van der Waals surface area contributed by atoms with Crippen LogP contribution in [-0.2, 0) is 11.3 Å². The Bertz CT molecular complexity index is 297. The zero-order valence-corrected chi connectivity index (χ0v) is 8.43. The maximum absolute atomic E-state index is 11.3. The number of esters is 1. The molecule has 0 aliphatic rings. The van der Waals surface area contributed by atoms with E-state index in [1.807, 2.05) is 0 Å². The third-order valence-electron chi connectivity index (χ3n) is 1.71. The third-order valence-corrected chi connectivity index (χ3v) is 1.71. The maximum Gasteiger partial charge on any atom is 0.378 e. The topological polar surface area (TPSA) is 69.9 Å². The van der Waals surface area contributed by atoms with E-state index in [1.165, 1.54) is 4.68 Å². The van der Waals surface area contributed by atoms with Crippen molar-refractivity contribution in [3.63, 3.8) is 0 Å². The first-order chi connectivity index (χ1) is 6.79. The first kappa shape index (κ1) is 10.6. The van der Waals surface area contributed by atoms with Gasteiger partial charge < -0.3 is 4.74 Å². The Morgan fingerprint density at radius 2 is 2.29 bits per heavy atom. The largest absolute Gasteiger partial charge is 0.460 e. The van der Waals surface area contributed by atoms with Crippen molar-refractivity contribution < 1.29 is 9.53 Å². The van der Waals surface area contributed by atoms with Crippen LogP contribution in [0.15, 0.2) is 0 Å². The minimum Gasteiger partial charge on any atom is -0.460 e. The summed E-state index contributed by atoms with van der Waals surface area (Å²) in [7, 11) is 0. The van der Waals surface area contributed by atoms with E-state index in [-0.39, 0.29) is 5.82 Å². The Labute approximate surface area is 82.2 Å². The van der Waals surface area contributed by atoms with Crippen molar-refractivity contribution in [2.24, 2.45) is 0 Å². The molecule has 1 heterocycles. The molecule has 1 rings (SSSR count). The van der Waals surface area contributed by atoms with Crippen LogP contribution in [0.1, 0.15) is 37.3 Å². The second-order valence-electron chi connectivity index (χ2n) is 2.80. The van der Waals surface area contributed by atoms with E-state index >= 15 is 0 Å². The van der Waals surface area contributed by atoms with Crippen LogP contribution in [0.25, 0.3) is 0 Å².